The van der Waals surface area contributed by atoms with E-state index < -0.39 is 28.6 Å². The Morgan fingerprint density at radius 1 is 1.14 bits per heavy atom. The van der Waals surface area contributed by atoms with Crippen LogP contribution < -0.4 is 0 Å². The van der Waals surface area contributed by atoms with Crippen molar-refractivity contribution in [3.05, 3.63) is 35.4 Å². The molecule has 0 fully saturated rings. The quantitative estimate of drug-likeness (QED) is 0.642. The molecule has 1 aliphatic heterocycles. The first-order valence-corrected chi connectivity index (χ1v) is 11.2. The third-order valence-corrected chi connectivity index (χ3v) is 6.77. The van der Waals surface area contributed by atoms with Gasteiger partial charge in [-0.15, -0.1) is 0 Å². The van der Waals surface area contributed by atoms with Gasteiger partial charge in [-0.1, -0.05) is 24.3 Å². The van der Waals surface area contributed by atoms with Crippen LogP contribution in [0, 0.1) is 0 Å². The number of carbonyl (C=O) groups excluding carboxylic acids is 2. The molecule has 0 N–H and O–H groups in total. The van der Waals surface area contributed by atoms with E-state index in [4.69, 9.17) is 4.74 Å². The first-order valence-electron chi connectivity index (χ1n) is 9.62. The molecule has 0 saturated carbocycles. The molecule has 1 heterocycles. The minimum atomic E-state index is -3.60. The summed E-state index contributed by atoms with van der Waals surface area (Å²) in [6.07, 6.45) is 0.237. The van der Waals surface area contributed by atoms with Crippen molar-refractivity contribution in [2.75, 3.05) is 12.4 Å². The molecule has 0 aromatic heterocycles. The fourth-order valence-corrected chi connectivity index (χ4v) is 4.85. The predicted octanol–water partition coefficient (Wildman–Crippen LogP) is 1.95. The molecule has 1 atom stereocenters. The Balaban J connectivity index is 2.18. The summed E-state index contributed by atoms with van der Waals surface area (Å²) in [5.74, 6) is -1.08. The minimum absolute atomic E-state index is 0.0234. The van der Waals surface area contributed by atoms with E-state index in [1.807, 2.05) is 52.0 Å². The number of nitrogens with zero attached hydrogens (tertiary/aromatic N) is 2. The number of esters is 1. The van der Waals surface area contributed by atoms with Crippen molar-refractivity contribution in [3.63, 3.8) is 0 Å². The van der Waals surface area contributed by atoms with E-state index in [-0.39, 0.29) is 36.7 Å². The van der Waals surface area contributed by atoms with Crippen LogP contribution in [0.3, 0.4) is 0 Å². The molecule has 0 saturated heterocycles. The van der Waals surface area contributed by atoms with Gasteiger partial charge in [-0.05, 0) is 45.7 Å². The van der Waals surface area contributed by atoms with E-state index in [9.17, 15) is 18.0 Å². The molecule has 7 nitrogen and oxygen atoms in total. The predicted molar refractivity (Wildman–Crippen MR) is 107 cm³/mol. The first kappa shape index (κ1) is 22.4. The number of fused-ring (bicyclic) bond motifs is 1. The highest BCUT2D eigenvalue weighted by Gasteiger charge is 2.39. The third kappa shape index (κ3) is 4.91. The Kier molecular flexibility index (Phi) is 7.22. The molecule has 2 rings (SSSR count). The van der Waals surface area contributed by atoms with Gasteiger partial charge < -0.3 is 9.64 Å². The van der Waals surface area contributed by atoms with Gasteiger partial charge in [0.05, 0.1) is 5.75 Å². The highest BCUT2D eigenvalue weighted by atomic mass is 32.2. The average Bonchev–Trinajstić information content (AvgIpc) is 2.64. The number of hydrogen-bond donors (Lipinski definition) is 0. The number of amides is 1. The summed E-state index contributed by atoms with van der Waals surface area (Å²) in [5.41, 5.74) is 1.80. The van der Waals surface area contributed by atoms with E-state index in [0.29, 0.717) is 0 Å². The lowest BCUT2D eigenvalue weighted by atomic mass is 9.96. The van der Waals surface area contributed by atoms with Crippen molar-refractivity contribution in [2.45, 2.75) is 65.7 Å². The zero-order valence-electron chi connectivity index (χ0n) is 17.2. The normalized spacial score (nSPS) is 17.5. The maximum atomic E-state index is 12.7. The second-order valence-corrected chi connectivity index (χ2v) is 9.74. The van der Waals surface area contributed by atoms with Crippen molar-refractivity contribution in [1.29, 1.82) is 0 Å². The van der Waals surface area contributed by atoms with Crippen molar-refractivity contribution in [3.8, 4) is 0 Å². The third-order valence-electron chi connectivity index (χ3n) is 4.94. The molecular formula is C20H30N2O5S. The summed E-state index contributed by atoms with van der Waals surface area (Å²) in [6, 6.07) is 6.45. The van der Waals surface area contributed by atoms with Crippen LogP contribution in [0.1, 0.15) is 45.7 Å². The van der Waals surface area contributed by atoms with E-state index >= 15 is 0 Å². The monoisotopic (exact) mass is 410 g/mol. The second kappa shape index (κ2) is 9.05. The van der Waals surface area contributed by atoms with Gasteiger partial charge in [0.2, 0.25) is 10.0 Å². The molecule has 0 bridgehead atoms. The maximum absolute atomic E-state index is 12.7. The van der Waals surface area contributed by atoms with E-state index in [1.165, 1.54) is 4.31 Å². The van der Waals surface area contributed by atoms with E-state index in [0.717, 1.165) is 11.1 Å². The number of benzene rings is 1. The molecule has 1 aromatic carbocycles. The summed E-state index contributed by atoms with van der Waals surface area (Å²) in [6.45, 7) is 8.86. The van der Waals surface area contributed by atoms with E-state index in [2.05, 4.69) is 0 Å². The second-order valence-electron chi connectivity index (χ2n) is 7.53. The average molecular weight is 411 g/mol. The van der Waals surface area contributed by atoms with Crippen molar-refractivity contribution < 1.29 is 22.7 Å². The van der Waals surface area contributed by atoms with Gasteiger partial charge in [0.1, 0.15) is 6.04 Å². The Labute approximate surface area is 167 Å². The highest BCUT2D eigenvalue weighted by molar-refractivity contribution is 7.89. The van der Waals surface area contributed by atoms with Crippen molar-refractivity contribution >= 4 is 21.9 Å². The molecule has 8 heteroatoms. The topological polar surface area (TPSA) is 84.0 Å². The largest absolute Gasteiger partial charge is 0.454 e. The van der Waals surface area contributed by atoms with E-state index in [1.54, 1.807) is 11.8 Å². The van der Waals surface area contributed by atoms with Crippen LogP contribution >= 0.6 is 0 Å². The summed E-state index contributed by atoms with van der Waals surface area (Å²) < 4.78 is 31.6. The van der Waals surface area contributed by atoms with Gasteiger partial charge in [-0.3, -0.25) is 9.59 Å². The van der Waals surface area contributed by atoms with Crippen LogP contribution in [0.4, 0.5) is 0 Å². The molecule has 156 valence electrons. The van der Waals surface area contributed by atoms with Gasteiger partial charge in [0.25, 0.3) is 5.91 Å². The van der Waals surface area contributed by atoms with Crippen LogP contribution in [0.25, 0.3) is 0 Å². The van der Waals surface area contributed by atoms with Crippen LogP contribution in [0.5, 0.6) is 0 Å². The Hall–Kier alpha value is -1.93. The zero-order valence-corrected chi connectivity index (χ0v) is 18.0. The smallest absolute Gasteiger partial charge is 0.325 e. The maximum Gasteiger partial charge on any atom is 0.325 e. The molecule has 0 unspecified atom stereocenters. The molecule has 0 spiro atoms. The summed E-state index contributed by atoms with van der Waals surface area (Å²) in [7, 11) is -3.60. The van der Waals surface area contributed by atoms with Crippen LogP contribution in [-0.4, -0.2) is 60.0 Å². The van der Waals surface area contributed by atoms with Gasteiger partial charge in [-0.25, -0.2) is 8.42 Å². The van der Waals surface area contributed by atoms with Crippen molar-refractivity contribution in [1.82, 2.24) is 9.21 Å². The Morgan fingerprint density at radius 3 is 2.25 bits per heavy atom. The fourth-order valence-electron chi connectivity index (χ4n) is 3.63. The first-order chi connectivity index (χ1) is 13.1. The summed E-state index contributed by atoms with van der Waals surface area (Å²) in [5, 5.41) is 0. The molecule has 1 aromatic rings. The molecule has 1 aliphatic rings. The Bertz CT molecular complexity index is 812. The summed E-state index contributed by atoms with van der Waals surface area (Å²) >= 11 is 0. The fraction of sp³-hybridized carbons (Fsp3) is 0.600. The summed E-state index contributed by atoms with van der Waals surface area (Å²) in [4.78, 5) is 26.9. The lowest BCUT2D eigenvalue weighted by Crippen LogP contribution is -2.50. The van der Waals surface area contributed by atoms with Crippen LogP contribution in [0.15, 0.2) is 24.3 Å². The standard InChI is InChI=1S/C20H30N2O5S/c1-6-28(25,26)21-12-17-10-8-7-9-16(17)11-18(21)20(24)27-13-19(23)22(14(2)3)15(4)5/h7-10,14-15,18H,6,11-13H2,1-5H3/t18-/m1/s1. The highest BCUT2D eigenvalue weighted by Crippen LogP contribution is 2.26. The van der Waals surface area contributed by atoms with Gasteiger partial charge in [0.15, 0.2) is 6.61 Å². The minimum Gasteiger partial charge on any atom is -0.454 e. The SMILES string of the molecule is CCS(=O)(=O)N1Cc2ccccc2C[C@@H]1C(=O)OCC(=O)N(C(C)C)C(C)C. The van der Waals surface area contributed by atoms with Gasteiger partial charge in [-0.2, -0.15) is 4.31 Å². The number of ether oxygens (including phenoxy) is 1. The molecule has 0 radical (unpaired) electrons. The van der Waals surface area contributed by atoms with Gasteiger partial charge in [0, 0.05) is 25.0 Å². The molecule has 0 aliphatic carbocycles. The lowest BCUT2D eigenvalue weighted by Gasteiger charge is -2.34. The molecule has 28 heavy (non-hydrogen) atoms. The van der Waals surface area contributed by atoms with Crippen LogP contribution in [-0.2, 0) is 37.3 Å². The Morgan fingerprint density at radius 2 is 1.71 bits per heavy atom. The lowest BCUT2D eigenvalue weighted by molar-refractivity contribution is -0.157. The van der Waals surface area contributed by atoms with Crippen molar-refractivity contribution in [2.24, 2.45) is 0 Å². The zero-order chi connectivity index (χ0) is 21.1. The number of hydrogen-bond acceptors (Lipinski definition) is 5. The van der Waals surface area contributed by atoms with Crippen LogP contribution in [0.2, 0.25) is 0 Å². The van der Waals surface area contributed by atoms with Gasteiger partial charge >= 0.3 is 5.97 Å². The number of sulfonamides is 1. The number of carbonyl (C=O) groups is 2. The number of rotatable bonds is 7. The molecular weight excluding hydrogens is 380 g/mol. The molecule has 1 amide bonds.